The number of aliphatic carboxylic acids is 1. The second-order valence-corrected chi connectivity index (χ2v) is 6.54. The molecule has 3 aromatic rings. The van der Waals surface area contributed by atoms with E-state index in [9.17, 15) is 9.18 Å². The molecule has 0 aliphatic heterocycles. The lowest BCUT2D eigenvalue weighted by molar-refractivity contribution is -0.137. The van der Waals surface area contributed by atoms with E-state index in [2.05, 4.69) is 0 Å². The van der Waals surface area contributed by atoms with Gasteiger partial charge in [-0.3, -0.25) is 9.69 Å². The van der Waals surface area contributed by atoms with E-state index in [4.69, 9.17) is 9.84 Å². The van der Waals surface area contributed by atoms with Crippen molar-refractivity contribution < 1.29 is 19.0 Å². The van der Waals surface area contributed by atoms with Gasteiger partial charge in [-0.15, -0.1) is 0 Å². The number of nitrogens with zero attached hydrogens (tertiary/aromatic N) is 1. The van der Waals surface area contributed by atoms with Gasteiger partial charge in [-0.1, -0.05) is 42.5 Å². The minimum absolute atomic E-state index is 0.0323. The highest BCUT2D eigenvalue weighted by Gasteiger charge is 2.10. The van der Waals surface area contributed by atoms with Crippen molar-refractivity contribution in [3.8, 4) is 11.5 Å². The number of carboxylic acid groups (broad SMARTS) is 1. The molecule has 0 heterocycles. The fourth-order valence-corrected chi connectivity index (χ4v) is 2.91. The van der Waals surface area contributed by atoms with Crippen LogP contribution in [0, 0.1) is 5.82 Å². The van der Waals surface area contributed by atoms with Crippen molar-refractivity contribution in [1.29, 1.82) is 0 Å². The summed E-state index contributed by atoms with van der Waals surface area (Å²) in [4.78, 5) is 13.0. The first-order chi connectivity index (χ1) is 13.6. The molecule has 0 fully saturated rings. The van der Waals surface area contributed by atoms with E-state index in [1.165, 1.54) is 12.1 Å². The van der Waals surface area contributed by atoms with Crippen LogP contribution in [0.4, 0.5) is 4.39 Å². The lowest BCUT2D eigenvalue weighted by atomic mass is 10.1. The fraction of sp³-hybridized carbons (Fsp3) is 0.174. The minimum atomic E-state index is -0.851. The molecule has 28 heavy (non-hydrogen) atoms. The zero-order chi connectivity index (χ0) is 19.8. The summed E-state index contributed by atoms with van der Waals surface area (Å²) < 4.78 is 19.2. The molecule has 0 aliphatic rings. The molecule has 0 saturated carbocycles. The Labute approximate surface area is 163 Å². The molecule has 0 aromatic heterocycles. The molecule has 0 unspecified atom stereocenters. The summed E-state index contributed by atoms with van der Waals surface area (Å²) in [5.74, 6) is 0.357. The molecule has 0 bridgehead atoms. The Kier molecular flexibility index (Phi) is 6.76. The molecular weight excluding hydrogens is 357 g/mol. The van der Waals surface area contributed by atoms with Gasteiger partial charge in [0.25, 0.3) is 0 Å². The van der Waals surface area contributed by atoms with Crippen LogP contribution in [-0.2, 0) is 17.9 Å². The SMILES string of the molecule is O=C(O)CCN(Cc1ccc(Oc2ccccc2)cc1)Cc1cccc(F)c1. The summed E-state index contributed by atoms with van der Waals surface area (Å²) in [5, 5.41) is 9.01. The number of hydrogen-bond donors (Lipinski definition) is 1. The fourth-order valence-electron chi connectivity index (χ4n) is 2.91. The average molecular weight is 379 g/mol. The first-order valence-electron chi connectivity index (χ1n) is 9.09. The number of halogens is 1. The Morgan fingerprint density at radius 2 is 1.54 bits per heavy atom. The maximum Gasteiger partial charge on any atom is 0.304 e. The third kappa shape index (κ3) is 6.21. The topological polar surface area (TPSA) is 49.8 Å². The molecule has 5 heteroatoms. The Balaban J connectivity index is 1.66. The van der Waals surface area contributed by atoms with Crippen molar-refractivity contribution >= 4 is 5.97 Å². The predicted molar refractivity (Wildman–Crippen MR) is 106 cm³/mol. The Hall–Kier alpha value is -3.18. The second kappa shape index (κ2) is 9.67. The van der Waals surface area contributed by atoms with Gasteiger partial charge in [0.15, 0.2) is 0 Å². The summed E-state index contributed by atoms with van der Waals surface area (Å²) in [5.41, 5.74) is 1.84. The molecule has 144 valence electrons. The van der Waals surface area contributed by atoms with E-state index in [1.807, 2.05) is 65.6 Å². The Bertz CT molecular complexity index is 897. The minimum Gasteiger partial charge on any atom is -0.481 e. The van der Waals surface area contributed by atoms with E-state index < -0.39 is 5.97 Å². The van der Waals surface area contributed by atoms with E-state index >= 15 is 0 Å². The standard InChI is InChI=1S/C23H22FNO3/c24-20-6-4-5-19(15-20)17-25(14-13-23(26)27)16-18-9-11-22(12-10-18)28-21-7-2-1-3-8-21/h1-12,15H,13-14,16-17H2,(H,26,27). The Morgan fingerprint density at radius 3 is 2.21 bits per heavy atom. The van der Waals surface area contributed by atoms with Crippen LogP contribution in [0.1, 0.15) is 17.5 Å². The third-order valence-corrected chi connectivity index (χ3v) is 4.25. The van der Waals surface area contributed by atoms with E-state index in [1.54, 1.807) is 6.07 Å². The first kappa shape index (κ1) is 19.6. The van der Waals surface area contributed by atoms with Gasteiger partial charge < -0.3 is 9.84 Å². The van der Waals surface area contributed by atoms with Crippen molar-refractivity contribution in [1.82, 2.24) is 4.90 Å². The van der Waals surface area contributed by atoms with E-state index in [-0.39, 0.29) is 12.2 Å². The van der Waals surface area contributed by atoms with Crippen molar-refractivity contribution in [3.63, 3.8) is 0 Å². The lowest BCUT2D eigenvalue weighted by Gasteiger charge is -2.22. The van der Waals surface area contributed by atoms with Crippen molar-refractivity contribution in [2.24, 2.45) is 0 Å². The first-order valence-corrected chi connectivity index (χ1v) is 9.09. The highest BCUT2D eigenvalue weighted by molar-refractivity contribution is 5.66. The zero-order valence-electron chi connectivity index (χ0n) is 15.4. The number of benzene rings is 3. The van der Waals surface area contributed by atoms with Crippen LogP contribution in [0.2, 0.25) is 0 Å². The molecule has 1 N–H and O–H groups in total. The van der Waals surface area contributed by atoms with Crippen molar-refractivity contribution in [2.75, 3.05) is 6.54 Å². The summed E-state index contributed by atoms with van der Waals surface area (Å²) in [7, 11) is 0. The largest absolute Gasteiger partial charge is 0.481 e. The molecule has 4 nitrogen and oxygen atoms in total. The molecule has 0 saturated heterocycles. The highest BCUT2D eigenvalue weighted by Crippen LogP contribution is 2.22. The van der Waals surface area contributed by atoms with E-state index in [0.29, 0.717) is 19.6 Å². The van der Waals surface area contributed by atoms with Crippen LogP contribution in [-0.4, -0.2) is 22.5 Å². The highest BCUT2D eigenvalue weighted by atomic mass is 19.1. The van der Waals surface area contributed by atoms with Gasteiger partial charge in [-0.25, -0.2) is 4.39 Å². The molecule has 0 atom stereocenters. The quantitative estimate of drug-likeness (QED) is 0.562. The number of ether oxygens (including phenoxy) is 1. The van der Waals surface area contributed by atoms with Crippen molar-refractivity contribution in [2.45, 2.75) is 19.5 Å². The smallest absolute Gasteiger partial charge is 0.304 e. The molecule has 0 amide bonds. The summed E-state index contributed by atoms with van der Waals surface area (Å²) >= 11 is 0. The number of carboxylic acids is 1. The number of carbonyl (C=O) groups is 1. The molecule has 0 spiro atoms. The van der Waals surface area contributed by atoms with Gasteiger partial charge in [0, 0.05) is 19.6 Å². The van der Waals surface area contributed by atoms with Crippen LogP contribution in [0.5, 0.6) is 11.5 Å². The van der Waals surface area contributed by atoms with Crippen molar-refractivity contribution in [3.05, 3.63) is 95.8 Å². The number of para-hydroxylation sites is 1. The van der Waals surface area contributed by atoms with Gasteiger partial charge in [0.1, 0.15) is 17.3 Å². The van der Waals surface area contributed by atoms with Crippen LogP contribution >= 0.6 is 0 Å². The van der Waals surface area contributed by atoms with Crippen LogP contribution in [0.3, 0.4) is 0 Å². The van der Waals surface area contributed by atoms with Gasteiger partial charge >= 0.3 is 5.97 Å². The Morgan fingerprint density at radius 1 is 0.857 bits per heavy atom. The van der Waals surface area contributed by atoms with Crippen LogP contribution in [0.15, 0.2) is 78.9 Å². The lowest BCUT2D eigenvalue weighted by Crippen LogP contribution is -2.25. The second-order valence-electron chi connectivity index (χ2n) is 6.54. The number of hydrogen-bond acceptors (Lipinski definition) is 3. The molecule has 0 radical (unpaired) electrons. The average Bonchev–Trinajstić information content (AvgIpc) is 2.68. The number of rotatable bonds is 9. The maximum atomic E-state index is 13.5. The normalized spacial score (nSPS) is 10.8. The predicted octanol–water partition coefficient (Wildman–Crippen LogP) is 5.09. The van der Waals surface area contributed by atoms with Gasteiger partial charge in [-0.2, -0.15) is 0 Å². The zero-order valence-corrected chi connectivity index (χ0v) is 15.4. The van der Waals surface area contributed by atoms with Gasteiger partial charge in [-0.05, 0) is 47.5 Å². The van der Waals surface area contributed by atoms with E-state index in [0.717, 1.165) is 22.6 Å². The molecule has 3 aromatic carbocycles. The van der Waals surface area contributed by atoms with Crippen LogP contribution < -0.4 is 4.74 Å². The summed E-state index contributed by atoms with van der Waals surface area (Å²) in [6.07, 6.45) is 0.0323. The molecule has 3 rings (SSSR count). The maximum absolute atomic E-state index is 13.5. The van der Waals surface area contributed by atoms with Crippen LogP contribution in [0.25, 0.3) is 0 Å². The van der Waals surface area contributed by atoms with Gasteiger partial charge in [0.05, 0.1) is 6.42 Å². The third-order valence-electron chi connectivity index (χ3n) is 4.25. The van der Waals surface area contributed by atoms with Gasteiger partial charge in [0.2, 0.25) is 0 Å². The molecule has 0 aliphatic carbocycles. The monoisotopic (exact) mass is 379 g/mol. The summed E-state index contributed by atoms with van der Waals surface area (Å²) in [6.45, 7) is 1.43. The summed E-state index contributed by atoms with van der Waals surface area (Å²) in [6, 6.07) is 23.6. The molecular formula is C23H22FNO3.